The van der Waals surface area contributed by atoms with Gasteiger partial charge in [-0.1, -0.05) is 29.8 Å². The van der Waals surface area contributed by atoms with Gasteiger partial charge in [0, 0.05) is 35.3 Å². The Kier molecular flexibility index (Phi) is 7.22. The summed E-state index contributed by atoms with van der Waals surface area (Å²) >= 11 is 3.23. The Balaban J connectivity index is 2.45. The number of hydrogen-bond acceptors (Lipinski definition) is 6. The highest BCUT2D eigenvalue weighted by Gasteiger charge is 2.27. The van der Waals surface area contributed by atoms with E-state index in [0.717, 1.165) is 6.07 Å². The van der Waals surface area contributed by atoms with Crippen molar-refractivity contribution in [1.29, 1.82) is 0 Å². The van der Waals surface area contributed by atoms with Crippen LogP contribution in [0.2, 0.25) is 0 Å². The Bertz CT molecular complexity index is 1010. The number of benzene rings is 2. The van der Waals surface area contributed by atoms with Crippen molar-refractivity contribution in [2.45, 2.75) is 18.7 Å². The third kappa shape index (κ3) is 4.91. The van der Waals surface area contributed by atoms with Crippen molar-refractivity contribution >= 4 is 43.5 Å². The number of hydrazone groups is 1. The van der Waals surface area contributed by atoms with Crippen LogP contribution >= 0.6 is 15.9 Å². The second-order valence-electron chi connectivity index (χ2n) is 5.56. The molecule has 0 aliphatic carbocycles. The van der Waals surface area contributed by atoms with Crippen molar-refractivity contribution in [1.82, 2.24) is 4.31 Å². The van der Waals surface area contributed by atoms with E-state index in [1.807, 2.05) is 0 Å². The lowest BCUT2D eigenvalue weighted by molar-refractivity contribution is -0.385. The Labute approximate surface area is 170 Å². The highest BCUT2D eigenvalue weighted by Crippen LogP contribution is 2.29. The highest BCUT2D eigenvalue weighted by molar-refractivity contribution is 9.10. The molecule has 2 rings (SSSR count). The molecule has 0 atom stereocenters. The first kappa shape index (κ1) is 21.9. The number of rotatable bonds is 8. The third-order valence-electron chi connectivity index (χ3n) is 3.85. The molecule has 0 unspecified atom stereocenters. The van der Waals surface area contributed by atoms with E-state index >= 15 is 0 Å². The summed E-state index contributed by atoms with van der Waals surface area (Å²) in [5, 5.41) is 15.0. The molecule has 0 saturated heterocycles. The van der Waals surface area contributed by atoms with Gasteiger partial charge in [-0.2, -0.15) is 9.41 Å². The molecule has 0 bridgehead atoms. The summed E-state index contributed by atoms with van der Waals surface area (Å²) < 4.78 is 41.3. The molecule has 150 valence electrons. The number of nitro groups is 1. The molecule has 0 aromatic heterocycles. The van der Waals surface area contributed by atoms with Crippen LogP contribution in [0.25, 0.3) is 0 Å². The Morgan fingerprint density at radius 2 is 1.93 bits per heavy atom. The monoisotopic (exact) mass is 472 g/mol. The number of nitrogens with one attached hydrogen (secondary N) is 1. The van der Waals surface area contributed by atoms with Crippen molar-refractivity contribution in [3.05, 3.63) is 62.4 Å². The van der Waals surface area contributed by atoms with Crippen molar-refractivity contribution in [3.63, 3.8) is 0 Å². The molecule has 0 aliphatic rings. The fourth-order valence-electron chi connectivity index (χ4n) is 2.42. The van der Waals surface area contributed by atoms with Gasteiger partial charge < -0.3 is 0 Å². The smallest absolute Gasteiger partial charge is 0.270 e. The molecule has 0 heterocycles. The summed E-state index contributed by atoms with van der Waals surface area (Å²) in [6.45, 7) is 3.74. The first-order valence-corrected chi connectivity index (χ1v) is 10.5. The number of hydrogen-bond donors (Lipinski definition) is 1. The van der Waals surface area contributed by atoms with Crippen LogP contribution in [-0.4, -0.2) is 37.0 Å². The second-order valence-corrected chi connectivity index (χ2v) is 8.38. The first-order chi connectivity index (χ1) is 13.2. The number of sulfonamides is 1. The Morgan fingerprint density at radius 3 is 2.54 bits per heavy atom. The zero-order chi connectivity index (χ0) is 20.9. The molecule has 11 heteroatoms. The second kappa shape index (κ2) is 9.22. The van der Waals surface area contributed by atoms with Gasteiger partial charge in [0.25, 0.3) is 5.69 Å². The molecule has 2 aromatic rings. The number of nitro benzene ring substituents is 1. The average Bonchev–Trinajstić information content (AvgIpc) is 2.65. The van der Waals surface area contributed by atoms with Crippen molar-refractivity contribution in [3.8, 4) is 0 Å². The van der Waals surface area contributed by atoms with Crippen molar-refractivity contribution in [2.75, 3.05) is 18.5 Å². The van der Waals surface area contributed by atoms with Crippen LogP contribution in [-0.2, 0) is 10.0 Å². The van der Waals surface area contributed by atoms with E-state index in [2.05, 4.69) is 26.5 Å². The lowest BCUT2D eigenvalue weighted by atomic mass is 10.2. The minimum atomic E-state index is -3.99. The van der Waals surface area contributed by atoms with Crippen LogP contribution in [0.1, 0.15) is 19.4 Å². The lowest BCUT2D eigenvalue weighted by Gasteiger charge is -2.20. The van der Waals surface area contributed by atoms with Crippen molar-refractivity contribution < 1.29 is 17.7 Å². The van der Waals surface area contributed by atoms with Gasteiger partial charge in [-0.05, 0) is 24.3 Å². The molecular weight excluding hydrogens is 455 g/mol. The quantitative estimate of drug-likeness (QED) is 0.355. The summed E-state index contributed by atoms with van der Waals surface area (Å²) in [5.74, 6) is -0.506. The summed E-state index contributed by atoms with van der Waals surface area (Å²) in [5.41, 5.74) is 2.40. The molecule has 1 N–H and O–H groups in total. The number of nitrogens with zero attached hydrogens (tertiary/aromatic N) is 3. The molecule has 8 nitrogen and oxygen atoms in total. The predicted octanol–water partition coefficient (Wildman–Crippen LogP) is 3.97. The first-order valence-electron chi connectivity index (χ1n) is 8.23. The zero-order valence-electron chi connectivity index (χ0n) is 15.1. The SMILES string of the molecule is CCN(CC)S(=O)(=O)c1cc([N+](=O)[O-])ccc1N/N=C/c1cc(Br)ccc1F. The summed E-state index contributed by atoms with van der Waals surface area (Å²) in [7, 11) is -3.99. The van der Waals surface area contributed by atoms with Crippen LogP contribution in [0.15, 0.2) is 50.9 Å². The minimum absolute atomic E-state index is 0.0455. The summed E-state index contributed by atoms with van der Waals surface area (Å²) in [6.07, 6.45) is 1.19. The molecule has 0 aliphatic heterocycles. The van der Waals surface area contributed by atoms with Gasteiger partial charge in [0.2, 0.25) is 10.0 Å². The van der Waals surface area contributed by atoms with Gasteiger partial charge in [0.1, 0.15) is 10.7 Å². The Morgan fingerprint density at radius 1 is 1.25 bits per heavy atom. The van der Waals surface area contributed by atoms with E-state index in [4.69, 9.17) is 0 Å². The molecule has 0 saturated carbocycles. The van der Waals surface area contributed by atoms with Gasteiger partial charge in [-0.15, -0.1) is 0 Å². The van der Waals surface area contributed by atoms with Gasteiger partial charge >= 0.3 is 0 Å². The van der Waals surface area contributed by atoms with E-state index in [1.54, 1.807) is 13.8 Å². The molecule has 0 radical (unpaired) electrons. The van der Waals surface area contributed by atoms with E-state index in [9.17, 15) is 22.9 Å². The minimum Gasteiger partial charge on any atom is -0.277 e. The van der Waals surface area contributed by atoms with E-state index in [1.165, 1.54) is 40.9 Å². The van der Waals surface area contributed by atoms with Gasteiger partial charge in [-0.25, -0.2) is 12.8 Å². The van der Waals surface area contributed by atoms with Crippen molar-refractivity contribution in [2.24, 2.45) is 5.10 Å². The third-order valence-corrected chi connectivity index (χ3v) is 6.43. The number of anilines is 1. The van der Waals surface area contributed by atoms with E-state index in [0.29, 0.717) is 4.47 Å². The molecule has 28 heavy (non-hydrogen) atoms. The predicted molar refractivity (Wildman–Crippen MR) is 109 cm³/mol. The Hall–Kier alpha value is -2.37. The normalized spacial score (nSPS) is 11.9. The summed E-state index contributed by atoms with van der Waals surface area (Å²) in [6, 6.07) is 7.69. The maximum absolute atomic E-state index is 13.8. The molecule has 0 spiro atoms. The molecule has 0 amide bonds. The van der Waals surface area contributed by atoms with Gasteiger partial charge in [0.05, 0.1) is 16.8 Å². The van der Waals surface area contributed by atoms with Gasteiger partial charge in [-0.3, -0.25) is 15.5 Å². The maximum atomic E-state index is 13.8. The largest absolute Gasteiger partial charge is 0.277 e. The molecular formula is C17H18BrFN4O4S. The van der Waals surface area contributed by atoms with Crippen LogP contribution in [0, 0.1) is 15.9 Å². The topological polar surface area (TPSA) is 105 Å². The van der Waals surface area contributed by atoms with Crippen LogP contribution in [0.4, 0.5) is 15.8 Å². The molecule has 2 aromatic carbocycles. The van der Waals surface area contributed by atoms with E-state index < -0.39 is 20.8 Å². The average molecular weight is 473 g/mol. The lowest BCUT2D eigenvalue weighted by Crippen LogP contribution is -2.31. The van der Waals surface area contributed by atoms with Crippen LogP contribution < -0.4 is 5.43 Å². The van der Waals surface area contributed by atoms with Crippen LogP contribution in [0.5, 0.6) is 0 Å². The fourth-order valence-corrected chi connectivity index (χ4v) is 4.42. The number of non-ortho nitro benzene ring substituents is 1. The zero-order valence-corrected chi connectivity index (χ0v) is 17.5. The highest BCUT2D eigenvalue weighted by atomic mass is 79.9. The van der Waals surface area contributed by atoms with Gasteiger partial charge in [0.15, 0.2) is 0 Å². The maximum Gasteiger partial charge on any atom is 0.270 e. The van der Waals surface area contributed by atoms with Crippen LogP contribution in [0.3, 0.4) is 0 Å². The summed E-state index contributed by atoms with van der Waals surface area (Å²) in [4.78, 5) is 10.1. The fraction of sp³-hybridized carbons (Fsp3) is 0.235. The van der Waals surface area contributed by atoms with E-state index in [-0.39, 0.29) is 34.9 Å². The standard InChI is InChI=1S/C17H18BrFN4O4S/c1-3-22(4-2)28(26,27)17-10-14(23(24)25)6-8-16(17)21-20-11-12-9-13(18)5-7-15(12)19/h5-11,21H,3-4H2,1-2H3/b20-11+. The number of halogens is 2. The molecule has 0 fully saturated rings.